The topological polar surface area (TPSA) is 42.4 Å². The summed E-state index contributed by atoms with van der Waals surface area (Å²) in [5.41, 5.74) is 1.10. The zero-order valence-electron chi connectivity index (χ0n) is 12.8. The van der Waals surface area contributed by atoms with Crippen LogP contribution in [0.5, 0.6) is 5.75 Å². The van der Waals surface area contributed by atoms with Crippen LogP contribution in [0.15, 0.2) is 30.5 Å². The largest absolute Gasteiger partial charge is 0.494 e. The molecule has 1 saturated heterocycles. The number of thioether (sulfide) groups is 1. The van der Waals surface area contributed by atoms with Gasteiger partial charge in [-0.25, -0.2) is 4.98 Å². The molecule has 0 N–H and O–H groups in total. The van der Waals surface area contributed by atoms with Crippen LogP contribution in [-0.4, -0.2) is 22.7 Å². The van der Waals surface area contributed by atoms with Gasteiger partial charge in [-0.3, -0.25) is 9.69 Å². The fourth-order valence-corrected chi connectivity index (χ4v) is 4.51. The lowest BCUT2D eigenvalue weighted by Gasteiger charge is -2.21. The minimum absolute atomic E-state index is 0.0243. The van der Waals surface area contributed by atoms with Gasteiger partial charge in [0.15, 0.2) is 5.13 Å². The maximum absolute atomic E-state index is 12.5. The van der Waals surface area contributed by atoms with E-state index < -0.39 is 0 Å². The van der Waals surface area contributed by atoms with Gasteiger partial charge in [0.2, 0.25) is 5.91 Å². The minimum atomic E-state index is -0.0548. The molecule has 1 amide bonds. The Morgan fingerprint density at radius 2 is 2.05 bits per heavy atom. The van der Waals surface area contributed by atoms with Crippen LogP contribution in [0.4, 0.5) is 5.13 Å². The third kappa shape index (κ3) is 2.85. The second-order valence-electron chi connectivity index (χ2n) is 5.09. The van der Waals surface area contributed by atoms with E-state index in [2.05, 4.69) is 4.98 Å². The van der Waals surface area contributed by atoms with E-state index in [1.807, 2.05) is 56.1 Å². The van der Waals surface area contributed by atoms with Crippen molar-refractivity contribution in [3.8, 4) is 5.75 Å². The quantitative estimate of drug-likeness (QED) is 0.847. The number of hydrogen-bond acceptors (Lipinski definition) is 5. The van der Waals surface area contributed by atoms with Gasteiger partial charge in [-0.1, -0.05) is 12.1 Å². The fourth-order valence-electron chi connectivity index (χ4n) is 2.40. The average molecular weight is 334 g/mol. The Bertz CT molecular complexity index is 669. The summed E-state index contributed by atoms with van der Waals surface area (Å²) in [4.78, 5) is 19.8. The lowest BCUT2D eigenvalue weighted by atomic mass is 10.2. The van der Waals surface area contributed by atoms with Crippen molar-refractivity contribution >= 4 is 34.1 Å². The molecule has 2 heterocycles. The number of amides is 1. The lowest BCUT2D eigenvalue weighted by Crippen LogP contribution is -2.29. The maximum Gasteiger partial charge on any atom is 0.242 e. The summed E-state index contributed by atoms with van der Waals surface area (Å²) >= 11 is 3.22. The molecule has 1 aliphatic rings. The average Bonchev–Trinajstić information content (AvgIpc) is 3.05. The number of carbonyl (C=O) groups is 1. The van der Waals surface area contributed by atoms with Crippen molar-refractivity contribution in [3.63, 3.8) is 0 Å². The molecular weight excluding hydrogens is 316 g/mol. The van der Waals surface area contributed by atoms with Crippen LogP contribution >= 0.6 is 23.1 Å². The molecule has 1 aromatic heterocycles. The molecule has 2 atom stereocenters. The zero-order valence-corrected chi connectivity index (χ0v) is 14.4. The number of carbonyl (C=O) groups excluding carboxylic acids is 1. The Kier molecular flexibility index (Phi) is 4.40. The van der Waals surface area contributed by atoms with Gasteiger partial charge in [0.1, 0.15) is 11.1 Å². The maximum atomic E-state index is 12.5. The normalized spacial score (nSPS) is 21.4. The smallest absolute Gasteiger partial charge is 0.242 e. The third-order valence-corrected chi connectivity index (χ3v) is 5.71. The minimum Gasteiger partial charge on any atom is -0.494 e. The Morgan fingerprint density at radius 3 is 2.64 bits per heavy atom. The van der Waals surface area contributed by atoms with Crippen LogP contribution in [0.2, 0.25) is 0 Å². The number of thiazole rings is 1. The summed E-state index contributed by atoms with van der Waals surface area (Å²) < 4.78 is 5.48. The van der Waals surface area contributed by atoms with Gasteiger partial charge >= 0.3 is 0 Å². The number of rotatable bonds is 4. The fraction of sp³-hybridized carbons (Fsp3) is 0.375. The number of benzene rings is 1. The van der Waals surface area contributed by atoms with Gasteiger partial charge in [-0.15, -0.1) is 23.1 Å². The van der Waals surface area contributed by atoms with Gasteiger partial charge < -0.3 is 4.74 Å². The first-order chi connectivity index (χ1) is 10.6. The van der Waals surface area contributed by atoms with Crippen LogP contribution in [0.25, 0.3) is 0 Å². The van der Waals surface area contributed by atoms with Gasteiger partial charge in [-0.05, 0) is 38.5 Å². The van der Waals surface area contributed by atoms with Crippen LogP contribution in [0, 0.1) is 6.92 Å². The summed E-state index contributed by atoms with van der Waals surface area (Å²) in [6, 6.07) is 7.97. The van der Waals surface area contributed by atoms with Gasteiger partial charge in [0.25, 0.3) is 0 Å². The second kappa shape index (κ2) is 6.30. The van der Waals surface area contributed by atoms with E-state index in [9.17, 15) is 4.79 Å². The molecule has 0 radical (unpaired) electrons. The van der Waals surface area contributed by atoms with E-state index in [-0.39, 0.29) is 16.5 Å². The number of aromatic nitrogens is 1. The van der Waals surface area contributed by atoms with Crippen molar-refractivity contribution in [2.45, 2.75) is 31.4 Å². The summed E-state index contributed by atoms with van der Waals surface area (Å²) in [6.45, 7) is 6.57. The predicted molar refractivity (Wildman–Crippen MR) is 91.7 cm³/mol. The van der Waals surface area contributed by atoms with Crippen molar-refractivity contribution in [3.05, 3.63) is 40.9 Å². The van der Waals surface area contributed by atoms with Crippen molar-refractivity contribution in [2.75, 3.05) is 11.5 Å². The Labute approximate surface area is 138 Å². The van der Waals surface area contributed by atoms with Crippen molar-refractivity contribution in [1.82, 2.24) is 4.98 Å². The molecule has 0 spiro atoms. The monoisotopic (exact) mass is 334 g/mol. The zero-order chi connectivity index (χ0) is 15.7. The van der Waals surface area contributed by atoms with E-state index in [4.69, 9.17) is 4.74 Å². The number of anilines is 1. The van der Waals surface area contributed by atoms with E-state index in [1.54, 1.807) is 23.1 Å². The molecule has 1 fully saturated rings. The molecule has 0 unspecified atom stereocenters. The molecule has 0 aliphatic carbocycles. The SMILES string of the molecule is CCOc1ccc([C@H]2S[C@H](C)C(=O)N2c2ncc(C)s2)cc1. The Balaban J connectivity index is 1.91. The molecule has 1 aromatic carbocycles. The van der Waals surface area contributed by atoms with Gasteiger partial charge in [0, 0.05) is 11.1 Å². The van der Waals surface area contributed by atoms with E-state index in [0.717, 1.165) is 21.3 Å². The van der Waals surface area contributed by atoms with Crippen molar-refractivity contribution < 1.29 is 9.53 Å². The number of ether oxygens (including phenoxy) is 1. The molecule has 2 aromatic rings. The number of hydrogen-bond donors (Lipinski definition) is 0. The molecule has 0 bridgehead atoms. The molecule has 1 aliphatic heterocycles. The molecule has 116 valence electrons. The number of nitrogens with zero attached hydrogens (tertiary/aromatic N) is 2. The number of aryl methyl sites for hydroxylation is 1. The highest BCUT2D eigenvalue weighted by Crippen LogP contribution is 2.46. The first kappa shape index (κ1) is 15.4. The van der Waals surface area contributed by atoms with E-state index in [0.29, 0.717) is 6.61 Å². The van der Waals surface area contributed by atoms with Gasteiger partial charge in [-0.2, -0.15) is 0 Å². The Morgan fingerprint density at radius 1 is 1.32 bits per heavy atom. The van der Waals surface area contributed by atoms with Gasteiger partial charge in [0.05, 0.1) is 11.9 Å². The summed E-state index contributed by atoms with van der Waals surface area (Å²) in [6.07, 6.45) is 1.82. The summed E-state index contributed by atoms with van der Waals surface area (Å²) in [5, 5.41) is 0.697. The predicted octanol–water partition coefficient (Wildman–Crippen LogP) is 4.02. The second-order valence-corrected chi connectivity index (χ2v) is 7.73. The summed E-state index contributed by atoms with van der Waals surface area (Å²) in [5.74, 6) is 0.975. The van der Waals surface area contributed by atoms with E-state index in [1.165, 1.54) is 0 Å². The first-order valence-electron chi connectivity index (χ1n) is 7.24. The molecule has 0 saturated carbocycles. The van der Waals surface area contributed by atoms with E-state index >= 15 is 0 Å². The molecule has 22 heavy (non-hydrogen) atoms. The highest BCUT2D eigenvalue weighted by Gasteiger charge is 2.40. The van der Waals surface area contributed by atoms with Crippen LogP contribution in [0.1, 0.15) is 29.7 Å². The lowest BCUT2D eigenvalue weighted by molar-refractivity contribution is -0.117. The molecule has 3 rings (SSSR count). The summed E-state index contributed by atoms with van der Waals surface area (Å²) in [7, 11) is 0. The molecule has 6 heteroatoms. The van der Waals surface area contributed by atoms with Crippen molar-refractivity contribution in [1.29, 1.82) is 0 Å². The van der Waals surface area contributed by atoms with Crippen LogP contribution in [0.3, 0.4) is 0 Å². The van der Waals surface area contributed by atoms with Crippen LogP contribution < -0.4 is 9.64 Å². The van der Waals surface area contributed by atoms with Crippen LogP contribution in [-0.2, 0) is 4.79 Å². The molecule has 4 nitrogen and oxygen atoms in total. The highest BCUT2D eigenvalue weighted by atomic mass is 32.2. The van der Waals surface area contributed by atoms with Crippen molar-refractivity contribution in [2.24, 2.45) is 0 Å². The molecular formula is C16H18N2O2S2. The highest BCUT2D eigenvalue weighted by molar-refractivity contribution is 8.01. The third-order valence-electron chi connectivity index (χ3n) is 3.44. The standard InChI is InChI=1S/C16H18N2O2S2/c1-4-20-13-7-5-12(6-8-13)15-18(14(19)11(3)22-15)16-17-9-10(2)21-16/h5-9,11,15H,4H2,1-3H3/t11-,15-/m1/s1. The first-order valence-corrected chi connectivity index (χ1v) is 8.99. The Hall–Kier alpha value is -1.53.